The minimum absolute atomic E-state index is 0.688. The molecule has 0 atom stereocenters. The van der Waals surface area contributed by atoms with Crippen molar-refractivity contribution in [3.8, 4) is 0 Å². The fourth-order valence-electron chi connectivity index (χ4n) is 0.984. The Balaban J connectivity index is 2.67. The number of halogens is 1. The molecule has 0 spiro atoms. The Morgan fingerprint density at radius 3 is 2.82 bits per heavy atom. The van der Waals surface area contributed by atoms with Crippen LogP contribution < -0.4 is 4.90 Å². The number of thiophene rings is 1. The van der Waals surface area contributed by atoms with Gasteiger partial charge in [-0.3, -0.25) is 0 Å². The van der Waals surface area contributed by atoms with Crippen molar-refractivity contribution in [2.75, 3.05) is 24.4 Å². The molecule has 1 heterocycles. The number of aryl methyl sites for hydroxylation is 1. The second-order valence-electron chi connectivity index (χ2n) is 2.52. The van der Waals surface area contributed by atoms with Crippen molar-refractivity contribution in [2.45, 2.75) is 6.92 Å². The minimum atomic E-state index is 0.688. The van der Waals surface area contributed by atoms with Crippen molar-refractivity contribution >= 4 is 27.9 Å². The van der Waals surface area contributed by atoms with Crippen LogP contribution in [-0.4, -0.2) is 19.5 Å². The average Bonchev–Trinajstić information content (AvgIpc) is 2.36. The van der Waals surface area contributed by atoms with E-state index in [9.17, 15) is 0 Å². The van der Waals surface area contributed by atoms with Crippen molar-refractivity contribution in [1.82, 2.24) is 0 Å². The molecule has 0 unspecified atom stereocenters. The van der Waals surface area contributed by atoms with Gasteiger partial charge in [-0.15, -0.1) is 22.9 Å². The van der Waals surface area contributed by atoms with Crippen LogP contribution in [0.25, 0.3) is 0 Å². The van der Waals surface area contributed by atoms with Crippen molar-refractivity contribution in [1.29, 1.82) is 0 Å². The van der Waals surface area contributed by atoms with E-state index in [2.05, 4.69) is 30.3 Å². The van der Waals surface area contributed by atoms with Gasteiger partial charge < -0.3 is 4.90 Å². The summed E-state index contributed by atoms with van der Waals surface area (Å²) in [6.45, 7) is 3.04. The molecular formula is C8H12ClNS. The molecule has 1 aromatic rings. The van der Waals surface area contributed by atoms with Crippen molar-refractivity contribution < 1.29 is 0 Å². The van der Waals surface area contributed by atoms with Crippen LogP contribution in [0.5, 0.6) is 0 Å². The molecule has 0 amide bonds. The zero-order chi connectivity index (χ0) is 8.27. The predicted molar refractivity (Wildman–Crippen MR) is 53.0 cm³/mol. The molecule has 0 fully saturated rings. The van der Waals surface area contributed by atoms with Crippen molar-refractivity contribution in [3.63, 3.8) is 0 Å². The van der Waals surface area contributed by atoms with Gasteiger partial charge in [0.2, 0.25) is 0 Å². The number of rotatable bonds is 3. The van der Waals surface area contributed by atoms with Gasteiger partial charge in [0.25, 0.3) is 0 Å². The maximum Gasteiger partial charge on any atom is 0.0936 e. The highest BCUT2D eigenvalue weighted by molar-refractivity contribution is 7.14. The molecule has 0 saturated heterocycles. The van der Waals surface area contributed by atoms with E-state index in [0.29, 0.717) is 5.88 Å². The lowest BCUT2D eigenvalue weighted by Gasteiger charge is -2.16. The van der Waals surface area contributed by atoms with E-state index >= 15 is 0 Å². The Bertz CT molecular complexity index is 222. The summed E-state index contributed by atoms with van der Waals surface area (Å²) in [5, 5.41) is 3.43. The Morgan fingerprint density at radius 1 is 1.64 bits per heavy atom. The molecular weight excluding hydrogens is 178 g/mol. The summed E-state index contributed by atoms with van der Waals surface area (Å²) in [6, 6.07) is 2.13. The van der Waals surface area contributed by atoms with Gasteiger partial charge >= 0.3 is 0 Å². The molecule has 1 rings (SSSR count). The first-order valence-electron chi connectivity index (χ1n) is 3.57. The van der Waals surface area contributed by atoms with Crippen LogP contribution in [-0.2, 0) is 0 Å². The molecule has 1 aromatic heterocycles. The van der Waals surface area contributed by atoms with Crippen LogP contribution in [0.1, 0.15) is 5.56 Å². The van der Waals surface area contributed by atoms with E-state index in [1.807, 2.05) is 0 Å². The topological polar surface area (TPSA) is 3.24 Å². The normalized spacial score (nSPS) is 10.1. The molecule has 0 aromatic carbocycles. The van der Waals surface area contributed by atoms with Crippen LogP contribution >= 0.6 is 22.9 Å². The minimum Gasteiger partial charge on any atom is -0.365 e. The van der Waals surface area contributed by atoms with Gasteiger partial charge in [0, 0.05) is 19.5 Å². The third-order valence-corrected chi connectivity index (χ3v) is 2.90. The fraction of sp³-hybridized carbons (Fsp3) is 0.500. The fourth-order valence-corrected chi connectivity index (χ4v) is 2.16. The zero-order valence-electron chi connectivity index (χ0n) is 6.80. The average molecular weight is 190 g/mol. The first-order chi connectivity index (χ1) is 5.25. The first kappa shape index (κ1) is 8.88. The third-order valence-electron chi connectivity index (χ3n) is 1.60. The second kappa shape index (κ2) is 3.98. The van der Waals surface area contributed by atoms with Gasteiger partial charge in [-0.2, -0.15) is 0 Å². The van der Waals surface area contributed by atoms with E-state index in [1.165, 1.54) is 10.6 Å². The van der Waals surface area contributed by atoms with Gasteiger partial charge in [-0.1, -0.05) is 0 Å². The van der Waals surface area contributed by atoms with Gasteiger partial charge in [0.1, 0.15) is 0 Å². The van der Waals surface area contributed by atoms with E-state index in [-0.39, 0.29) is 0 Å². The molecule has 0 bridgehead atoms. The Morgan fingerprint density at radius 2 is 2.36 bits per heavy atom. The van der Waals surface area contributed by atoms with Crippen molar-refractivity contribution in [2.24, 2.45) is 0 Å². The number of alkyl halides is 1. The lowest BCUT2D eigenvalue weighted by atomic mass is 10.3. The van der Waals surface area contributed by atoms with Crippen LogP contribution in [0.2, 0.25) is 0 Å². The largest absolute Gasteiger partial charge is 0.365 e. The van der Waals surface area contributed by atoms with Gasteiger partial charge in [0.15, 0.2) is 0 Å². The summed E-state index contributed by atoms with van der Waals surface area (Å²) < 4.78 is 0. The lowest BCUT2D eigenvalue weighted by molar-refractivity contribution is 0.981. The smallest absolute Gasteiger partial charge is 0.0936 e. The van der Waals surface area contributed by atoms with E-state index < -0.39 is 0 Å². The summed E-state index contributed by atoms with van der Waals surface area (Å²) in [4.78, 5) is 2.19. The second-order valence-corrected chi connectivity index (χ2v) is 3.79. The number of hydrogen-bond acceptors (Lipinski definition) is 2. The molecule has 0 radical (unpaired) electrons. The van der Waals surface area contributed by atoms with E-state index in [1.54, 1.807) is 11.3 Å². The Hall–Kier alpha value is -0.210. The Labute approximate surface area is 76.6 Å². The molecule has 11 heavy (non-hydrogen) atoms. The summed E-state index contributed by atoms with van der Waals surface area (Å²) in [6.07, 6.45) is 0. The summed E-state index contributed by atoms with van der Waals surface area (Å²) in [7, 11) is 2.07. The van der Waals surface area contributed by atoms with Gasteiger partial charge in [0.05, 0.1) is 5.00 Å². The van der Waals surface area contributed by atoms with Gasteiger partial charge in [-0.05, 0) is 23.9 Å². The highest BCUT2D eigenvalue weighted by Gasteiger charge is 2.03. The van der Waals surface area contributed by atoms with Crippen LogP contribution in [0, 0.1) is 6.92 Å². The van der Waals surface area contributed by atoms with Crippen molar-refractivity contribution in [3.05, 3.63) is 17.0 Å². The summed E-state index contributed by atoms with van der Waals surface area (Å²) in [5.41, 5.74) is 1.34. The Kier molecular flexibility index (Phi) is 3.21. The monoisotopic (exact) mass is 189 g/mol. The molecule has 0 N–H and O–H groups in total. The van der Waals surface area contributed by atoms with Crippen LogP contribution in [0.3, 0.4) is 0 Å². The lowest BCUT2D eigenvalue weighted by Crippen LogP contribution is -2.18. The third kappa shape index (κ3) is 2.11. The highest BCUT2D eigenvalue weighted by Crippen LogP contribution is 2.25. The number of nitrogens with zero attached hydrogens (tertiary/aromatic N) is 1. The predicted octanol–water partition coefficient (Wildman–Crippen LogP) is 2.73. The molecule has 0 saturated carbocycles. The highest BCUT2D eigenvalue weighted by atomic mass is 35.5. The maximum atomic E-state index is 5.63. The van der Waals surface area contributed by atoms with E-state index in [0.717, 1.165) is 6.54 Å². The quantitative estimate of drug-likeness (QED) is 0.661. The number of hydrogen-bond donors (Lipinski definition) is 0. The SMILES string of the molecule is Cc1ccsc1N(C)CCCl. The molecule has 1 nitrogen and oxygen atoms in total. The maximum absolute atomic E-state index is 5.63. The van der Waals surface area contributed by atoms with E-state index in [4.69, 9.17) is 11.6 Å². The molecule has 0 aliphatic rings. The van der Waals surface area contributed by atoms with Crippen LogP contribution in [0.15, 0.2) is 11.4 Å². The summed E-state index contributed by atoms with van der Waals surface area (Å²) >= 11 is 7.39. The first-order valence-corrected chi connectivity index (χ1v) is 4.98. The zero-order valence-corrected chi connectivity index (χ0v) is 8.37. The number of anilines is 1. The standard InChI is InChI=1S/C8H12ClNS/c1-7-3-6-11-8(7)10(2)5-4-9/h3,6H,4-5H2,1-2H3. The van der Waals surface area contributed by atoms with Gasteiger partial charge in [-0.25, -0.2) is 0 Å². The molecule has 62 valence electrons. The molecule has 0 aliphatic carbocycles. The summed E-state index contributed by atoms with van der Waals surface area (Å²) in [5.74, 6) is 0.688. The molecule has 3 heteroatoms. The molecule has 0 aliphatic heterocycles. The van der Waals surface area contributed by atoms with Crippen LogP contribution in [0.4, 0.5) is 5.00 Å².